The zero-order valence-corrected chi connectivity index (χ0v) is 47.3. The molecule has 0 aromatic carbocycles. The second-order valence-electron chi connectivity index (χ2n) is 21.7. The van der Waals surface area contributed by atoms with Crippen molar-refractivity contribution in [3.63, 3.8) is 0 Å². The molecule has 0 radical (unpaired) electrons. The van der Waals surface area contributed by atoms with E-state index in [1.54, 1.807) is 0 Å². The summed E-state index contributed by atoms with van der Waals surface area (Å²) < 4.78 is 5.48. The summed E-state index contributed by atoms with van der Waals surface area (Å²) in [5.74, 6) is -0.0347. The number of carbonyl (C=O) groups is 2. The molecule has 0 bridgehead atoms. The van der Waals surface area contributed by atoms with E-state index in [2.05, 4.69) is 43.5 Å². The molecule has 0 heterocycles. The monoisotopic (exact) mass is 986 g/mol. The molecule has 0 aliphatic rings. The Hall–Kier alpha value is -1.66. The summed E-state index contributed by atoms with van der Waals surface area (Å²) in [7, 11) is 0. The van der Waals surface area contributed by atoms with Crippen molar-refractivity contribution in [2.24, 2.45) is 0 Å². The quantitative estimate of drug-likeness (QED) is 0.0321. The largest absolute Gasteiger partial charge is 0.466 e. The van der Waals surface area contributed by atoms with E-state index >= 15 is 0 Å². The van der Waals surface area contributed by atoms with Crippen molar-refractivity contribution < 1.29 is 24.5 Å². The van der Waals surface area contributed by atoms with E-state index in [4.69, 9.17) is 4.74 Å². The van der Waals surface area contributed by atoms with Crippen LogP contribution in [0.3, 0.4) is 0 Å². The second kappa shape index (κ2) is 59.9. The average molecular weight is 987 g/mol. The van der Waals surface area contributed by atoms with E-state index in [1.165, 1.54) is 263 Å². The van der Waals surface area contributed by atoms with Crippen LogP contribution in [0.25, 0.3) is 0 Å². The Labute approximate surface area is 437 Å². The lowest BCUT2D eigenvalue weighted by Gasteiger charge is -2.22. The lowest BCUT2D eigenvalue weighted by atomic mass is 10.0. The summed E-state index contributed by atoms with van der Waals surface area (Å²) in [6, 6.07) is -0.542. The average Bonchev–Trinajstić information content (AvgIpc) is 3.36. The zero-order chi connectivity index (χ0) is 50.7. The van der Waals surface area contributed by atoms with Crippen LogP contribution in [0.5, 0.6) is 0 Å². The Balaban J connectivity index is 3.39. The van der Waals surface area contributed by atoms with Crippen molar-refractivity contribution >= 4 is 11.9 Å². The maximum atomic E-state index is 12.5. The molecule has 0 saturated carbocycles. The summed E-state index contributed by atoms with van der Waals surface area (Å²) in [5, 5.41) is 23.3. The van der Waals surface area contributed by atoms with Crippen LogP contribution in [-0.2, 0) is 14.3 Å². The number of nitrogens with one attached hydrogen (secondary N) is 1. The van der Waals surface area contributed by atoms with Gasteiger partial charge in [-0.3, -0.25) is 9.59 Å². The Morgan fingerprint density at radius 3 is 1.10 bits per heavy atom. The van der Waals surface area contributed by atoms with Crippen LogP contribution in [-0.4, -0.2) is 47.4 Å². The van der Waals surface area contributed by atoms with Crippen molar-refractivity contribution in [3.05, 3.63) is 24.3 Å². The maximum absolute atomic E-state index is 12.5. The number of esters is 1. The van der Waals surface area contributed by atoms with Gasteiger partial charge in [-0.05, 0) is 57.8 Å². The molecule has 1 amide bonds. The molecular formula is C64H123NO5. The Morgan fingerprint density at radius 2 is 0.714 bits per heavy atom. The van der Waals surface area contributed by atoms with Gasteiger partial charge in [0.15, 0.2) is 0 Å². The van der Waals surface area contributed by atoms with Gasteiger partial charge in [0, 0.05) is 12.8 Å². The van der Waals surface area contributed by atoms with E-state index in [9.17, 15) is 19.8 Å². The molecule has 0 aliphatic carbocycles. The predicted molar refractivity (Wildman–Crippen MR) is 306 cm³/mol. The molecule has 2 unspecified atom stereocenters. The summed E-state index contributed by atoms with van der Waals surface area (Å²) in [6.45, 7) is 4.95. The first-order chi connectivity index (χ1) is 34.5. The Bertz CT molecular complexity index is 1090. The molecule has 0 aliphatic heterocycles. The van der Waals surface area contributed by atoms with Crippen molar-refractivity contribution in [1.82, 2.24) is 5.32 Å². The minimum atomic E-state index is -0.665. The Morgan fingerprint density at radius 1 is 0.400 bits per heavy atom. The first-order valence-corrected chi connectivity index (χ1v) is 31.6. The van der Waals surface area contributed by atoms with Gasteiger partial charge in [0.05, 0.1) is 25.4 Å². The SMILES string of the molecule is CCCCCC/C=C\C/C=C\CCCCCCCC(=O)OCCCCCCCCCCCCCCCCCCCCCCCC(=O)NC(CO)C(O)CCCCCCCCCCCCCCCCCC. The summed E-state index contributed by atoms with van der Waals surface area (Å²) in [4.78, 5) is 24.6. The molecule has 70 heavy (non-hydrogen) atoms. The van der Waals surface area contributed by atoms with Gasteiger partial charge in [-0.15, -0.1) is 0 Å². The van der Waals surface area contributed by atoms with Crippen LogP contribution < -0.4 is 5.32 Å². The van der Waals surface area contributed by atoms with E-state index in [1.807, 2.05) is 0 Å². The highest BCUT2D eigenvalue weighted by atomic mass is 16.5. The minimum Gasteiger partial charge on any atom is -0.466 e. The number of amides is 1. The van der Waals surface area contributed by atoms with Crippen molar-refractivity contribution in [3.8, 4) is 0 Å². The fourth-order valence-electron chi connectivity index (χ4n) is 9.91. The maximum Gasteiger partial charge on any atom is 0.305 e. The molecule has 6 heteroatoms. The van der Waals surface area contributed by atoms with Gasteiger partial charge in [-0.1, -0.05) is 301 Å². The van der Waals surface area contributed by atoms with Crippen LogP contribution in [0, 0.1) is 0 Å². The van der Waals surface area contributed by atoms with Crippen LogP contribution in [0.2, 0.25) is 0 Å². The van der Waals surface area contributed by atoms with Gasteiger partial charge >= 0.3 is 5.97 Å². The van der Waals surface area contributed by atoms with Crippen LogP contribution in [0.1, 0.15) is 348 Å². The number of carbonyl (C=O) groups excluding carboxylic acids is 2. The number of allylic oxidation sites excluding steroid dienone is 4. The van der Waals surface area contributed by atoms with Gasteiger partial charge in [0.1, 0.15) is 0 Å². The number of hydrogen-bond acceptors (Lipinski definition) is 5. The third kappa shape index (κ3) is 55.7. The molecule has 0 saturated heterocycles. The normalized spacial score (nSPS) is 12.7. The predicted octanol–water partition coefficient (Wildman–Crippen LogP) is 19.8. The van der Waals surface area contributed by atoms with Gasteiger partial charge in [0.2, 0.25) is 5.91 Å². The molecule has 414 valence electrons. The topological polar surface area (TPSA) is 95.9 Å². The van der Waals surface area contributed by atoms with Gasteiger partial charge in [-0.2, -0.15) is 0 Å². The first-order valence-electron chi connectivity index (χ1n) is 31.6. The highest BCUT2D eigenvalue weighted by molar-refractivity contribution is 5.76. The molecule has 3 N–H and O–H groups in total. The standard InChI is InChI=1S/C64H123NO5/c1-3-5-7-9-11-13-15-17-19-28-32-36-40-44-48-52-56-62(67)61(60-66)65-63(68)57-53-49-45-41-37-33-29-26-24-22-21-23-25-27-31-35-39-43-47-51-55-59-70-64(69)58-54-50-46-42-38-34-30-20-18-16-14-12-10-8-6-4-2/h14,16,20,30,61-62,66-67H,3-13,15,17-19,21-29,31-60H2,1-2H3,(H,65,68)/b16-14-,30-20-. The summed E-state index contributed by atoms with van der Waals surface area (Å²) in [5.41, 5.74) is 0. The van der Waals surface area contributed by atoms with E-state index in [0.717, 1.165) is 51.4 Å². The molecule has 0 spiro atoms. The number of rotatable bonds is 59. The first kappa shape index (κ1) is 68.3. The third-order valence-electron chi connectivity index (χ3n) is 14.8. The number of hydrogen-bond donors (Lipinski definition) is 3. The smallest absolute Gasteiger partial charge is 0.305 e. The highest BCUT2D eigenvalue weighted by Gasteiger charge is 2.20. The number of aliphatic hydroxyl groups excluding tert-OH is 2. The second-order valence-corrected chi connectivity index (χ2v) is 21.7. The lowest BCUT2D eigenvalue weighted by Crippen LogP contribution is -2.45. The zero-order valence-electron chi connectivity index (χ0n) is 47.3. The molecule has 2 atom stereocenters. The van der Waals surface area contributed by atoms with Crippen LogP contribution in [0.4, 0.5) is 0 Å². The molecule has 6 nitrogen and oxygen atoms in total. The van der Waals surface area contributed by atoms with Crippen LogP contribution >= 0.6 is 0 Å². The number of aliphatic hydroxyl groups is 2. The van der Waals surface area contributed by atoms with Crippen molar-refractivity contribution in [1.29, 1.82) is 0 Å². The van der Waals surface area contributed by atoms with Crippen molar-refractivity contribution in [2.45, 2.75) is 360 Å². The van der Waals surface area contributed by atoms with Gasteiger partial charge in [0.25, 0.3) is 0 Å². The fraction of sp³-hybridized carbons (Fsp3) is 0.906. The molecule has 0 aromatic rings. The minimum absolute atomic E-state index is 0.000912. The fourth-order valence-corrected chi connectivity index (χ4v) is 9.91. The summed E-state index contributed by atoms with van der Waals surface area (Å²) in [6.07, 6.45) is 73.3. The molecule has 0 rings (SSSR count). The van der Waals surface area contributed by atoms with E-state index in [0.29, 0.717) is 25.9 Å². The summed E-state index contributed by atoms with van der Waals surface area (Å²) >= 11 is 0. The number of unbranched alkanes of at least 4 members (excludes halogenated alkanes) is 44. The molecular weight excluding hydrogens is 863 g/mol. The number of ether oxygens (including phenoxy) is 1. The molecule has 0 aromatic heterocycles. The van der Waals surface area contributed by atoms with Gasteiger partial charge in [-0.25, -0.2) is 0 Å². The highest BCUT2D eigenvalue weighted by Crippen LogP contribution is 2.18. The van der Waals surface area contributed by atoms with E-state index < -0.39 is 12.1 Å². The third-order valence-corrected chi connectivity index (χ3v) is 14.8. The molecule has 0 fully saturated rings. The van der Waals surface area contributed by atoms with Crippen LogP contribution in [0.15, 0.2) is 24.3 Å². The lowest BCUT2D eigenvalue weighted by molar-refractivity contribution is -0.143. The van der Waals surface area contributed by atoms with Gasteiger partial charge < -0.3 is 20.3 Å². The Kier molecular flexibility index (Phi) is 58.5. The van der Waals surface area contributed by atoms with E-state index in [-0.39, 0.29) is 18.5 Å². The van der Waals surface area contributed by atoms with Crippen molar-refractivity contribution in [2.75, 3.05) is 13.2 Å².